The van der Waals surface area contributed by atoms with Gasteiger partial charge in [-0.2, -0.15) is 30.7 Å². The number of carbonyl (C=O) groups is 1. The number of rotatable bonds is 7. The first-order valence-electron chi connectivity index (χ1n) is 6.80. The monoisotopic (exact) mass is 361 g/mol. The Kier molecular flexibility index (Phi) is 6.07. The summed E-state index contributed by atoms with van der Waals surface area (Å²) in [7, 11) is 0. The summed E-state index contributed by atoms with van der Waals surface area (Å²) in [4.78, 5) is 11.2. The van der Waals surface area contributed by atoms with Crippen molar-refractivity contribution in [2.24, 2.45) is 0 Å². The lowest BCUT2D eigenvalue weighted by Gasteiger charge is -2.27. The van der Waals surface area contributed by atoms with Crippen molar-refractivity contribution in [2.45, 2.75) is 37.8 Å². The van der Waals surface area contributed by atoms with Gasteiger partial charge in [0, 0.05) is 5.69 Å². The van der Waals surface area contributed by atoms with Gasteiger partial charge in [0.1, 0.15) is 5.75 Å². The molecule has 1 amide bonds. The minimum atomic E-state index is -6.56. The predicted octanol–water partition coefficient (Wildman–Crippen LogP) is 4.64. The second-order valence-corrected chi connectivity index (χ2v) is 4.83. The van der Waals surface area contributed by atoms with Crippen molar-refractivity contribution >= 4 is 11.6 Å². The molecule has 0 saturated heterocycles. The van der Waals surface area contributed by atoms with E-state index in [2.05, 4.69) is 0 Å². The summed E-state index contributed by atoms with van der Waals surface area (Å²) in [6, 6.07) is 4.60. The Morgan fingerprint density at radius 1 is 1.04 bits per heavy atom. The maximum absolute atomic E-state index is 13.2. The van der Waals surface area contributed by atoms with Crippen LogP contribution in [0.1, 0.15) is 19.8 Å². The van der Waals surface area contributed by atoms with Gasteiger partial charge in [-0.1, -0.05) is 13.3 Å². The molecule has 1 aromatic rings. The number of hydrogen-bond donors (Lipinski definition) is 1. The molecule has 0 aliphatic rings. The maximum atomic E-state index is 13.2. The van der Waals surface area contributed by atoms with Crippen molar-refractivity contribution in [3.63, 3.8) is 0 Å². The van der Waals surface area contributed by atoms with E-state index >= 15 is 0 Å². The SMILES string of the molecule is CCCCOc1ccc(NC(=O)C(F)(F)C(F)(F)C(F)(F)F)cc1. The molecule has 1 N–H and O–H groups in total. The number of carbonyl (C=O) groups excluding carboxylic acids is 1. The van der Waals surface area contributed by atoms with Crippen LogP contribution in [0.5, 0.6) is 5.75 Å². The van der Waals surface area contributed by atoms with Crippen LogP contribution in [0.4, 0.5) is 36.4 Å². The number of unbranched alkanes of at least 4 members (excludes halogenated alkanes) is 1. The van der Waals surface area contributed by atoms with E-state index in [0.29, 0.717) is 12.4 Å². The summed E-state index contributed by atoms with van der Waals surface area (Å²) in [6.07, 6.45) is -4.93. The molecule has 136 valence electrons. The molecule has 0 aliphatic heterocycles. The number of hydrogen-bond acceptors (Lipinski definition) is 2. The van der Waals surface area contributed by atoms with Crippen LogP contribution in [0.15, 0.2) is 24.3 Å². The molecule has 1 aromatic carbocycles. The Hall–Kier alpha value is -2.00. The van der Waals surface area contributed by atoms with Gasteiger partial charge in [0.2, 0.25) is 0 Å². The number of halogens is 7. The molecule has 0 fully saturated rings. The highest BCUT2D eigenvalue weighted by atomic mass is 19.4. The standard InChI is InChI=1S/C14H14F7NO2/c1-2-3-8-24-10-6-4-9(5-7-10)22-11(23)12(15,16)13(17,18)14(19,20)21/h4-7H,2-3,8H2,1H3,(H,22,23). The summed E-state index contributed by atoms with van der Waals surface area (Å²) in [5, 5.41) is 1.33. The second-order valence-electron chi connectivity index (χ2n) is 4.83. The van der Waals surface area contributed by atoms with Crippen LogP contribution in [0.25, 0.3) is 0 Å². The third kappa shape index (κ3) is 4.30. The molecule has 24 heavy (non-hydrogen) atoms. The van der Waals surface area contributed by atoms with E-state index in [-0.39, 0.29) is 5.69 Å². The normalized spacial score (nSPS) is 12.8. The zero-order chi connectivity index (χ0) is 18.6. The Morgan fingerprint density at radius 3 is 2.04 bits per heavy atom. The first-order valence-corrected chi connectivity index (χ1v) is 6.80. The highest BCUT2D eigenvalue weighted by molar-refractivity contribution is 5.97. The summed E-state index contributed by atoms with van der Waals surface area (Å²) in [5.41, 5.74) is -0.375. The summed E-state index contributed by atoms with van der Waals surface area (Å²) in [6.45, 7) is 2.32. The van der Waals surface area contributed by atoms with Gasteiger partial charge in [-0.05, 0) is 30.7 Å². The number of ether oxygens (including phenoxy) is 1. The average Bonchev–Trinajstić information content (AvgIpc) is 2.47. The van der Waals surface area contributed by atoms with E-state index in [4.69, 9.17) is 4.74 Å². The van der Waals surface area contributed by atoms with Gasteiger partial charge < -0.3 is 10.1 Å². The van der Waals surface area contributed by atoms with Crippen molar-refractivity contribution in [1.82, 2.24) is 0 Å². The lowest BCUT2D eigenvalue weighted by atomic mass is 10.1. The Labute approximate surface area is 132 Å². The molecule has 10 heteroatoms. The van der Waals surface area contributed by atoms with Gasteiger partial charge in [-0.15, -0.1) is 0 Å². The minimum absolute atomic E-state index is 0.328. The largest absolute Gasteiger partial charge is 0.494 e. The van der Waals surface area contributed by atoms with Gasteiger partial charge in [0.25, 0.3) is 0 Å². The minimum Gasteiger partial charge on any atom is -0.494 e. The highest BCUT2D eigenvalue weighted by Crippen LogP contribution is 2.46. The molecule has 0 bridgehead atoms. The lowest BCUT2D eigenvalue weighted by Crippen LogP contribution is -2.57. The van der Waals surface area contributed by atoms with Crippen LogP contribution >= 0.6 is 0 Å². The number of nitrogens with one attached hydrogen (secondary N) is 1. The number of anilines is 1. The first kappa shape index (κ1) is 20.0. The van der Waals surface area contributed by atoms with Crippen LogP contribution in [-0.4, -0.2) is 30.5 Å². The average molecular weight is 361 g/mol. The van der Waals surface area contributed by atoms with Gasteiger partial charge >= 0.3 is 23.9 Å². The molecule has 0 radical (unpaired) electrons. The van der Waals surface area contributed by atoms with Crippen molar-refractivity contribution in [3.05, 3.63) is 24.3 Å². The molecule has 0 saturated carbocycles. The summed E-state index contributed by atoms with van der Waals surface area (Å²) >= 11 is 0. The van der Waals surface area contributed by atoms with E-state index in [9.17, 15) is 35.5 Å². The summed E-state index contributed by atoms with van der Waals surface area (Å²) in [5.74, 6) is -14.9. The second kappa shape index (κ2) is 7.27. The molecule has 0 spiro atoms. The Bertz CT molecular complexity index is 555. The van der Waals surface area contributed by atoms with E-state index in [1.165, 1.54) is 17.4 Å². The molecule has 0 unspecified atom stereocenters. The first-order chi connectivity index (χ1) is 10.9. The van der Waals surface area contributed by atoms with E-state index in [0.717, 1.165) is 25.0 Å². The Balaban J connectivity index is 2.80. The fourth-order valence-electron chi connectivity index (χ4n) is 1.50. The van der Waals surface area contributed by atoms with Crippen LogP contribution < -0.4 is 10.1 Å². The van der Waals surface area contributed by atoms with Crippen molar-refractivity contribution in [2.75, 3.05) is 11.9 Å². The van der Waals surface area contributed by atoms with E-state index in [1.807, 2.05) is 6.92 Å². The smallest absolute Gasteiger partial charge is 0.460 e. The quantitative estimate of drug-likeness (QED) is 0.568. The number of benzene rings is 1. The third-order valence-corrected chi connectivity index (χ3v) is 2.91. The van der Waals surface area contributed by atoms with Gasteiger partial charge in [0.15, 0.2) is 0 Å². The van der Waals surface area contributed by atoms with Crippen LogP contribution in [-0.2, 0) is 4.79 Å². The topological polar surface area (TPSA) is 38.3 Å². The molecule has 1 rings (SSSR count). The zero-order valence-corrected chi connectivity index (χ0v) is 12.4. The third-order valence-electron chi connectivity index (χ3n) is 2.91. The van der Waals surface area contributed by atoms with Gasteiger partial charge in [-0.25, -0.2) is 0 Å². The Morgan fingerprint density at radius 2 is 1.58 bits per heavy atom. The lowest BCUT2D eigenvalue weighted by molar-refractivity contribution is -0.343. The zero-order valence-electron chi connectivity index (χ0n) is 12.4. The van der Waals surface area contributed by atoms with Crippen LogP contribution in [0.3, 0.4) is 0 Å². The van der Waals surface area contributed by atoms with Crippen LogP contribution in [0, 0.1) is 0 Å². The fraction of sp³-hybridized carbons (Fsp3) is 0.500. The molecule has 3 nitrogen and oxygen atoms in total. The summed E-state index contributed by atoms with van der Waals surface area (Å²) < 4.78 is 93.0. The molecule has 0 heterocycles. The maximum Gasteiger partial charge on any atom is 0.460 e. The molecular formula is C14H14F7NO2. The number of alkyl halides is 7. The van der Waals surface area contributed by atoms with Gasteiger partial charge in [-0.3, -0.25) is 4.79 Å². The number of amides is 1. The van der Waals surface area contributed by atoms with E-state index in [1.54, 1.807) is 0 Å². The van der Waals surface area contributed by atoms with E-state index < -0.39 is 23.9 Å². The molecule has 0 atom stereocenters. The van der Waals surface area contributed by atoms with Gasteiger partial charge in [0.05, 0.1) is 6.61 Å². The van der Waals surface area contributed by atoms with Crippen molar-refractivity contribution in [3.8, 4) is 5.75 Å². The predicted molar refractivity (Wildman–Crippen MR) is 71.4 cm³/mol. The fourth-order valence-corrected chi connectivity index (χ4v) is 1.50. The molecule has 0 aliphatic carbocycles. The van der Waals surface area contributed by atoms with Crippen LogP contribution in [0.2, 0.25) is 0 Å². The van der Waals surface area contributed by atoms with Crippen molar-refractivity contribution in [1.29, 1.82) is 0 Å². The van der Waals surface area contributed by atoms with Crippen molar-refractivity contribution < 1.29 is 40.3 Å². The molecule has 0 aromatic heterocycles. The highest BCUT2D eigenvalue weighted by Gasteiger charge is 2.76. The molecular weight excluding hydrogens is 347 g/mol.